The van der Waals surface area contributed by atoms with E-state index in [4.69, 9.17) is 4.74 Å². The predicted molar refractivity (Wildman–Crippen MR) is 122 cm³/mol. The van der Waals surface area contributed by atoms with E-state index in [2.05, 4.69) is 20.5 Å². The number of carbonyl (C=O) groups excluding carboxylic acids is 1. The van der Waals surface area contributed by atoms with Crippen molar-refractivity contribution in [3.63, 3.8) is 0 Å². The first-order chi connectivity index (χ1) is 15.4. The van der Waals surface area contributed by atoms with Crippen LogP contribution in [0.2, 0.25) is 0 Å². The minimum atomic E-state index is -4.01. The molecule has 0 bridgehead atoms. The molecule has 1 aromatic heterocycles. The molecule has 0 atom stereocenters. The number of nitrogens with zero attached hydrogens (tertiary/aromatic N) is 3. The lowest BCUT2D eigenvalue weighted by Crippen LogP contribution is -2.41. The molecule has 1 amide bonds. The van der Waals surface area contributed by atoms with E-state index >= 15 is 0 Å². The summed E-state index contributed by atoms with van der Waals surface area (Å²) in [6.45, 7) is 1.90. The highest BCUT2D eigenvalue weighted by molar-refractivity contribution is 7.99. The number of nitrogens with one attached hydrogen (secondary N) is 2. The molecule has 0 radical (unpaired) electrons. The quantitative estimate of drug-likeness (QED) is 0.323. The second-order valence-corrected chi connectivity index (χ2v) is 9.89. The highest BCUT2D eigenvalue weighted by Gasteiger charge is 2.29. The van der Waals surface area contributed by atoms with Gasteiger partial charge in [-0.3, -0.25) is 9.89 Å². The lowest BCUT2D eigenvalue weighted by Gasteiger charge is -2.23. The number of aromatic amines is 1. The molecule has 2 N–H and O–H groups in total. The van der Waals surface area contributed by atoms with Crippen LogP contribution in [0.15, 0.2) is 64.9 Å². The van der Waals surface area contributed by atoms with E-state index in [1.54, 1.807) is 25.1 Å². The van der Waals surface area contributed by atoms with E-state index in [-0.39, 0.29) is 23.7 Å². The first kappa shape index (κ1) is 23.8. The Hall–Kier alpha value is -2.89. The Morgan fingerprint density at radius 3 is 2.69 bits per heavy atom. The van der Waals surface area contributed by atoms with Gasteiger partial charge >= 0.3 is 0 Å². The minimum Gasteiger partial charge on any atom is -0.495 e. The molecule has 3 rings (SSSR count). The third kappa shape index (κ3) is 6.31. The summed E-state index contributed by atoms with van der Waals surface area (Å²) in [6.07, 6.45) is 1.41. The first-order valence-electron chi connectivity index (χ1n) is 9.83. The van der Waals surface area contributed by atoms with Gasteiger partial charge in [-0.15, -0.1) is 0 Å². The second-order valence-electron chi connectivity index (χ2n) is 6.90. The SMILES string of the molecule is COc1ccc(C)cc1S(=O)(=O)N(CC(=O)NCCSc1ncn[nH]1)Cc1ccccc1. The number of rotatable bonds is 11. The third-order valence-corrected chi connectivity index (χ3v) is 7.21. The molecule has 0 aliphatic carbocycles. The lowest BCUT2D eigenvalue weighted by atomic mass is 10.2. The Kier molecular flexibility index (Phi) is 8.26. The zero-order chi connectivity index (χ0) is 23.0. The number of aryl methyl sites for hydroxylation is 1. The monoisotopic (exact) mass is 475 g/mol. The zero-order valence-corrected chi connectivity index (χ0v) is 19.4. The van der Waals surface area contributed by atoms with Crippen molar-refractivity contribution >= 4 is 27.7 Å². The van der Waals surface area contributed by atoms with Crippen LogP contribution in [0.4, 0.5) is 0 Å². The summed E-state index contributed by atoms with van der Waals surface area (Å²) < 4.78 is 33.5. The molecular weight excluding hydrogens is 450 g/mol. The number of hydrogen-bond donors (Lipinski definition) is 2. The lowest BCUT2D eigenvalue weighted by molar-refractivity contribution is -0.121. The molecule has 0 aliphatic heterocycles. The number of ether oxygens (including phenoxy) is 1. The van der Waals surface area contributed by atoms with Gasteiger partial charge in [-0.2, -0.15) is 9.40 Å². The zero-order valence-electron chi connectivity index (χ0n) is 17.8. The molecule has 0 fully saturated rings. The van der Waals surface area contributed by atoms with Gasteiger partial charge in [0.2, 0.25) is 15.9 Å². The topological polar surface area (TPSA) is 117 Å². The number of hydrogen-bond acceptors (Lipinski definition) is 7. The summed E-state index contributed by atoms with van der Waals surface area (Å²) in [5.74, 6) is 0.407. The number of sulfonamides is 1. The number of amides is 1. The minimum absolute atomic E-state index is 0.0320. The Balaban J connectivity index is 1.75. The van der Waals surface area contributed by atoms with Crippen LogP contribution in [-0.2, 0) is 21.4 Å². The Bertz CT molecular complexity index is 1120. The van der Waals surface area contributed by atoms with Crippen LogP contribution in [0.25, 0.3) is 0 Å². The van der Waals surface area contributed by atoms with Crippen molar-refractivity contribution in [3.05, 3.63) is 66.0 Å². The normalized spacial score (nSPS) is 11.5. The van der Waals surface area contributed by atoms with Crippen molar-refractivity contribution in [1.82, 2.24) is 24.8 Å². The molecule has 32 heavy (non-hydrogen) atoms. The molecule has 170 valence electrons. The number of carbonyl (C=O) groups is 1. The molecule has 11 heteroatoms. The fourth-order valence-electron chi connectivity index (χ4n) is 2.96. The molecule has 0 aliphatic rings. The summed E-state index contributed by atoms with van der Waals surface area (Å²) in [4.78, 5) is 16.6. The van der Waals surface area contributed by atoms with Crippen LogP contribution < -0.4 is 10.1 Å². The Morgan fingerprint density at radius 2 is 2.00 bits per heavy atom. The number of H-pyrrole nitrogens is 1. The third-order valence-electron chi connectivity index (χ3n) is 4.51. The van der Waals surface area contributed by atoms with Gasteiger partial charge in [0.25, 0.3) is 0 Å². The number of methoxy groups -OCH3 is 1. The summed E-state index contributed by atoms with van der Waals surface area (Å²) in [7, 11) is -2.59. The fourth-order valence-corrected chi connectivity index (χ4v) is 5.22. The van der Waals surface area contributed by atoms with Crippen LogP contribution >= 0.6 is 11.8 Å². The number of benzene rings is 2. The van der Waals surface area contributed by atoms with Crippen molar-refractivity contribution in [2.24, 2.45) is 0 Å². The molecule has 3 aromatic rings. The van der Waals surface area contributed by atoms with Crippen molar-refractivity contribution in [2.75, 3.05) is 26.0 Å². The van der Waals surface area contributed by atoms with Crippen LogP contribution in [0.3, 0.4) is 0 Å². The van der Waals surface area contributed by atoms with E-state index in [0.29, 0.717) is 17.5 Å². The molecular formula is C21H25N5O4S2. The van der Waals surface area contributed by atoms with Gasteiger partial charge in [0, 0.05) is 18.8 Å². The maximum absolute atomic E-state index is 13.5. The van der Waals surface area contributed by atoms with Gasteiger partial charge in [-0.05, 0) is 30.2 Å². The molecule has 0 spiro atoms. The van der Waals surface area contributed by atoms with E-state index in [1.165, 1.54) is 29.5 Å². The maximum atomic E-state index is 13.5. The number of aromatic nitrogens is 3. The Morgan fingerprint density at radius 1 is 1.22 bits per heavy atom. The van der Waals surface area contributed by atoms with Gasteiger partial charge < -0.3 is 10.1 Å². The summed E-state index contributed by atoms with van der Waals surface area (Å²) in [5, 5.41) is 9.91. The Labute approximate surface area is 191 Å². The van der Waals surface area contributed by atoms with Crippen LogP contribution in [-0.4, -0.2) is 59.8 Å². The first-order valence-corrected chi connectivity index (χ1v) is 12.3. The molecule has 9 nitrogen and oxygen atoms in total. The highest BCUT2D eigenvalue weighted by atomic mass is 32.2. The van der Waals surface area contributed by atoms with Crippen molar-refractivity contribution in [2.45, 2.75) is 23.5 Å². The van der Waals surface area contributed by atoms with Gasteiger partial charge in [0.15, 0.2) is 5.16 Å². The van der Waals surface area contributed by atoms with Gasteiger partial charge in [0.05, 0.1) is 13.7 Å². The fraction of sp³-hybridized carbons (Fsp3) is 0.286. The van der Waals surface area contributed by atoms with Gasteiger partial charge in [-0.1, -0.05) is 48.2 Å². The van der Waals surface area contributed by atoms with Gasteiger partial charge in [-0.25, -0.2) is 13.4 Å². The van der Waals surface area contributed by atoms with Crippen LogP contribution in [0, 0.1) is 6.92 Å². The van der Waals surface area contributed by atoms with E-state index in [9.17, 15) is 13.2 Å². The molecule has 0 saturated heterocycles. The largest absolute Gasteiger partial charge is 0.495 e. The summed E-state index contributed by atoms with van der Waals surface area (Å²) >= 11 is 1.41. The number of thioether (sulfide) groups is 1. The highest BCUT2D eigenvalue weighted by Crippen LogP contribution is 2.28. The second kappa shape index (κ2) is 11.1. The van der Waals surface area contributed by atoms with Crippen molar-refractivity contribution in [1.29, 1.82) is 0 Å². The average Bonchev–Trinajstić information content (AvgIpc) is 3.30. The average molecular weight is 476 g/mol. The van der Waals surface area contributed by atoms with Gasteiger partial charge in [0.1, 0.15) is 17.0 Å². The van der Waals surface area contributed by atoms with Crippen LogP contribution in [0.5, 0.6) is 5.75 Å². The van der Waals surface area contributed by atoms with Crippen molar-refractivity contribution < 1.29 is 17.9 Å². The molecule has 0 saturated carbocycles. The summed E-state index contributed by atoms with van der Waals surface area (Å²) in [6, 6.07) is 14.1. The van der Waals surface area contributed by atoms with E-state index in [0.717, 1.165) is 11.1 Å². The predicted octanol–water partition coefficient (Wildman–Crippen LogP) is 2.22. The van der Waals surface area contributed by atoms with Crippen LogP contribution in [0.1, 0.15) is 11.1 Å². The smallest absolute Gasteiger partial charge is 0.247 e. The standard InChI is InChI=1S/C21H25N5O4S2/c1-16-8-9-18(30-2)19(12-16)32(28,29)26(13-17-6-4-3-5-7-17)14-20(27)22-10-11-31-21-23-15-24-25-21/h3-9,12,15H,10-11,13-14H2,1-2H3,(H,22,27)(H,23,24,25). The summed E-state index contributed by atoms with van der Waals surface area (Å²) in [5.41, 5.74) is 1.55. The van der Waals surface area contributed by atoms with Crippen molar-refractivity contribution in [3.8, 4) is 5.75 Å². The van der Waals surface area contributed by atoms with E-state index in [1.807, 2.05) is 30.3 Å². The molecule has 2 aromatic carbocycles. The molecule has 1 heterocycles. The molecule has 0 unspecified atom stereocenters. The maximum Gasteiger partial charge on any atom is 0.247 e. The van der Waals surface area contributed by atoms with E-state index < -0.39 is 15.9 Å².